The molecule has 0 aliphatic rings. The van der Waals surface area contributed by atoms with Gasteiger partial charge < -0.3 is 5.41 Å². The number of hydrogen-bond donors (Lipinski definition) is 2. The van der Waals surface area contributed by atoms with Gasteiger partial charge in [-0.25, -0.2) is 0 Å². The summed E-state index contributed by atoms with van der Waals surface area (Å²) in [6.07, 6.45) is 2.37. The highest BCUT2D eigenvalue weighted by molar-refractivity contribution is 6.14. The molecule has 0 aliphatic heterocycles. The van der Waals surface area contributed by atoms with Crippen LogP contribution in [0.25, 0.3) is 0 Å². The van der Waals surface area contributed by atoms with Crippen LogP contribution in [0.1, 0.15) is 22.8 Å². The molecule has 0 aliphatic carbocycles. The van der Waals surface area contributed by atoms with E-state index in [2.05, 4.69) is 10.5 Å². The van der Waals surface area contributed by atoms with Crippen LogP contribution in [0.3, 0.4) is 0 Å². The van der Waals surface area contributed by atoms with E-state index in [1.54, 1.807) is 6.07 Å². The smallest absolute Gasteiger partial charge is 0.161 e. The minimum atomic E-state index is -0.00810. The van der Waals surface area contributed by atoms with E-state index in [1.807, 2.05) is 19.1 Å². The number of carbonyl (C=O) groups excluding carboxylic acids is 1. The van der Waals surface area contributed by atoms with Gasteiger partial charge in [0.1, 0.15) is 0 Å². The first-order valence-electron chi connectivity index (χ1n) is 4.55. The molecule has 0 saturated carbocycles. The summed E-state index contributed by atoms with van der Waals surface area (Å²) in [5, 5.41) is 10.5. The molecule has 1 aromatic carbocycles. The van der Waals surface area contributed by atoms with Crippen molar-refractivity contribution in [3.05, 3.63) is 29.3 Å². The zero-order valence-corrected chi connectivity index (χ0v) is 8.74. The summed E-state index contributed by atoms with van der Waals surface area (Å²) in [6, 6.07) is 5.51. The van der Waals surface area contributed by atoms with Crippen LogP contribution in [-0.4, -0.2) is 18.2 Å². The van der Waals surface area contributed by atoms with Crippen LogP contribution in [0.15, 0.2) is 23.3 Å². The standard InChI is InChI=1S/C11H13N3O/c1-8-3-4-11(14-13-6-5-12)10(7-8)9(2)15/h3-7,12,14H,1-2H3. The van der Waals surface area contributed by atoms with Crippen molar-refractivity contribution < 1.29 is 4.79 Å². The predicted octanol–water partition coefficient (Wildman–Crippen LogP) is 2.24. The van der Waals surface area contributed by atoms with E-state index in [0.29, 0.717) is 11.3 Å². The van der Waals surface area contributed by atoms with Crippen LogP contribution in [-0.2, 0) is 0 Å². The second-order valence-electron chi connectivity index (χ2n) is 3.16. The zero-order chi connectivity index (χ0) is 11.3. The number of ketones is 1. The molecule has 0 fully saturated rings. The number of carbonyl (C=O) groups is 1. The van der Waals surface area contributed by atoms with Crippen molar-refractivity contribution in [2.24, 2.45) is 5.10 Å². The average Bonchev–Trinajstić information content (AvgIpc) is 2.20. The molecule has 15 heavy (non-hydrogen) atoms. The molecule has 1 rings (SSSR count). The zero-order valence-electron chi connectivity index (χ0n) is 8.74. The van der Waals surface area contributed by atoms with E-state index in [0.717, 1.165) is 11.8 Å². The molecule has 4 heteroatoms. The Labute approximate surface area is 88.5 Å². The molecule has 0 radical (unpaired) electrons. The number of anilines is 1. The monoisotopic (exact) mass is 203 g/mol. The Balaban J connectivity index is 3.00. The molecule has 4 nitrogen and oxygen atoms in total. The van der Waals surface area contributed by atoms with Crippen LogP contribution >= 0.6 is 0 Å². The van der Waals surface area contributed by atoms with E-state index in [9.17, 15) is 4.79 Å². The summed E-state index contributed by atoms with van der Waals surface area (Å²) in [4.78, 5) is 11.3. The Morgan fingerprint density at radius 2 is 2.27 bits per heavy atom. The summed E-state index contributed by atoms with van der Waals surface area (Å²) in [5.74, 6) is -0.00810. The normalized spacial score (nSPS) is 10.3. The summed E-state index contributed by atoms with van der Waals surface area (Å²) in [7, 11) is 0. The molecule has 0 amide bonds. The third kappa shape index (κ3) is 3.02. The third-order valence-corrected chi connectivity index (χ3v) is 1.89. The number of nitrogens with one attached hydrogen (secondary N) is 2. The fourth-order valence-corrected chi connectivity index (χ4v) is 1.19. The Morgan fingerprint density at radius 3 is 2.87 bits per heavy atom. The first-order chi connectivity index (χ1) is 7.15. The van der Waals surface area contributed by atoms with E-state index in [4.69, 9.17) is 5.41 Å². The number of nitrogens with zero attached hydrogens (tertiary/aromatic N) is 1. The lowest BCUT2D eigenvalue weighted by atomic mass is 10.1. The average molecular weight is 203 g/mol. The molecule has 0 atom stereocenters. The van der Waals surface area contributed by atoms with Gasteiger partial charge >= 0.3 is 0 Å². The van der Waals surface area contributed by atoms with E-state index >= 15 is 0 Å². The predicted molar refractivity (Wildman–Crippen MR) is 62.1 cm³/mol. The van der Waals surface area contributed by atoms with Crippen molar-refractivity contribution in [3.63, 3.8) is 0 Å². The first kappa shape index (κ1) is 11.1. The highest BCUT2D eigenvalue weighted by Gasteiger charge is 2.06. The van der Waals surface area contributed by atoms with Gasteiger partial charge in [0.25, 0.3) is 0 Å². The molecule has 0 saturated heterocycles. The van der Waals surface area contributed by atoms with Crippen LogP contribution in [0.5, 0.6) is 0 Å². The molecule has 0 aromatic heterocycles. The van der Waals surface area contributed by atoms with Gasteiger partial charge in [-0.1, -0.05) is 11.6 Å². The van der Waals surface area contributed by atoms with Gasteiger partial charge in [-0.2, -0.15) is 5.10 Å². The van der Waals surface area contributed by atoms with Gasteiger partial charge in [0.2, 0.25) is 0 Å². The third-order valence-electron chi connectivity index (χ3n) is 1.89. The highest BCUT2D eigenvalue weighted by Crippen LogP contribution is 2.17. The van der Waals surface area contributed by atoms with Gasteiger partial charge in [0.05, 0.1) is 11.9 Å². The largest absolute Gasteiger partial charge is 0.307 e. The highest BCUT2D eigenvalue weighted by atomic mass is 16.1. The molecule has 0 unspecified atom stereocenters. The molecule has 0 spiro atoms. The number of hydrogen-bond acceptors (Lipinski definition) is 4. The fraction of sp³-hybridized carbons (Fsp3) is 0.182. The topological polar surface area (TPSA) is 65.3 Å². The minimum absolute atomic E-state index is 0.00810. The summed E-state index contributed by atoms with van der Waals surface area (Å²) < 4.78 is 0. The van der Waals surface area contributed by atoms with Gasteiger partial charge in [0.15, 0.2) is 5.78 Å². The molecular formula is C11H13N3O. The van der Waals surface area contributed by atoms with Crippen LogP contribution in [0, 0.1) is 12.3 Å². The lowest BCUT2D eigenvalue weighted by Gasteiger charge is -2.06. The quantitative estimate of drug-likeness (QED) is 0.447. The Morgan fingerprint density at radius 1 is 1.53 bits per heavy atom. The summed E-state index contributed by atoms with van der Waals surface area (Å²) >= 11 is 0. The Bertz CT molecular complexity index is 410. The molecule has 1 aromatic rings. The summed E-state index contributed by atoms with van der Waals surface area (Å²) in [5.41, 5.74) is 5.02. The Hall–Kier alpha value is -1.97. The number of Topliss-reactive ketones (excluding diaryl/α,β-unsaturated/α-hetero) is 1. The van der Waals surface area contributed by atoms with E-state index < -0.39 is 0 Å². The maximum atomic E-state index is 11.3. The SMILES string of the molecule is CC(=O)c1cc(C)ccc1NN=CC=N. The van der Waals surface area contributed by atoms with Crippen molar-refractivity contribution >= 4 is 23.9 Å². The van der Waals surface area contributed by atoms with Crippen molar-refractivity contribution in [3.8, 4) is 0 Å². The fourth-order valence-electron chi connectivity index (χ4n) is 1.19. The van der Waals surface area contributed by atoms with Crippen molar-refractivity contribution in [2.75, 3.05) is 5.43 Å². The lowest BCUT2D eigenvalue weighted by molar-refractivity contribution is 0.101. The molecule has 78 valence electrons. The van der Waals surface area contributed by atoms with Crippen molar-refractivity contribution in [2.45, 2.75) is 13.8 Å². The van der Waals surface area contributed by atoms with Crippen LogP contribution in [0.2, 0.25) is 0 Å². The number of hydrazone groups is 1. The molecular weight excluding hydrogens is 190 g/mol. The second kappa shape index (κ2) is 5.05. The number of aryl methyl sites for hydroxylation is 1. The van der Waals surface area contributed by atoms with Gasteiger partial charge in [0, 0.05) is 11.8 Å². The second-order valence-corrected chi connectivity index (χ2v) is 3.16. The van der Waals surface area contributed by atoms with Gasteiger partial charge in [-0.05, 0) is 26.0 Å². The van der Waals surface area contributed by atoms with E-state index in [-0.39, 0.29) is 5.78 Å². The van der Waals surface area contributed by atoms with Crippen LogP contribution < -0.4 is 5.43 Å². The summed E-state index contributed by atoms with van der Waals surface area (Å²) in [6.45, 7) is 3.44. The molecule has 2 N–H and O–H groups in total. The number of benzene rings is 1. The number of rotatable bonds is 4. The maximum absolute atomic E-state index is 11.3. The van der Waals surface area contributed by atoms with Crippen LogP contribution in [0.4, 0.5) is 5.69 Å². The minimum Gasteiger partial charge on any atom is -0.307 e. The van der Waals surface area contributed by atoms with Crippen molar-refractivity contribution in [1.29, 1.82) is 5.41 Å². The van der Waals surface area contributed by atoms with E-state index in [1.165, 1.54) is 13.1 Å². The molecule has 0 bridgehead atoms. The molecule has 0 heterocycles. The first-order valence-corrected chi connectivity index (χ1v) is 4.55. The van der Waals surface area contributed by atoms with Gasteiger partial charge in [-0.3, -0.25) is 10.2 Å². The van der Waals surface area contributed by atoms with Gasteiger partial charge in [-0.15, -0.1) is 0 Å². The lowest BCUT2D eigenvalue weighted by Crippen LogP contribution is -2.00. The van der Waals surface area contributed by atoms with Crippen molar-refractivity contribution in [1.82, 2.24) is 0 Å². The Kier molecular flexibility index (Phi) is 3.74. The maximum Gasteiger partial charge on any atom is 0.161 e.